The van der Waals surface area contributed by atoms with Gasteiger partial charge in [0.2, 0.25) is 0 Å². The highest BCUT2D eigenvalue weighted by Gasteiger charge is 2.20. The number of hydrogen-bond acceptors (Lipinski definition) is 5. The lowest BCUT2D eigenvalue weighted by Gasteiger charge is -2.38. The number of carbonyl (C=O) groups is 1. The van der Waals surface area contributed by atoms with Crippen molar-refractivity contribution in [2.45, 2.75) is 13.3 Å². The Labute approximate surface area is 176 Å². The Balaban J connectivity index is 1.34. The molecule has 30 heavy (non-hydrogen) atoms. The number of nitrogens with two attached hydrogens (primary N) is 1. The van der Waals surface area contributed by atoms with Gasteiger partial charge in [0.1, 0.15) is 0 Å². The maximum atomic E-state index is 12.4. The van der Waals surface area contributed by atoms with Crippen molar-refractivity contribution in [1.82, 2.24) is 15.3 Å². The number of imidazole rings is 1. The number of piperazine rings is 1. The highest BCUT2D eigenvalue weighted by Crippen LogP contribution is 2.27. The number of nitrogen functional groups attached to an aromatic ring is 1. The number of aromatic amines is 1. The van der Waals surface area contributed by atoms with Gasteiger partial charge >= 0.3 is 0 Å². The molecular weight excluding hydrogens is 376 g/mol. The number of amides is 1. The van der Waals surface area contributed by atoms with Gasteiger partial charge in [-0.1, -0.05) is 18.2 Å². The normalized spacial score (nSPS) is 14.0. The molecule has 0 spiro atoms. The minimum atomic E-state index is -0.114. The monoisotopic (exact) mass is 404 g/mol. The van der Waals surface area contributed by atoms with Crippen molar-refractivity contribution in [3.8, 4) is 0 Å². The molecule has 1 aliphatic rings. The second kappa shape index (κ2) is 8.90. The van der Waals surface area contributed by atoms with E-state index in [2.05, 4.69) is 56.3 Å². The van der Waals surface area contributed by atoms with Crippen LogP contribution in [0, 0.1) is 6.92 Å². The van der Waals surface area contributed by atoms with Crippen molar-refractivity contribution in [1.29, 1.82) is 0 Å². The molecule has 7 heteroatoms. The number of H-pyrrole nitrogens is 1. The van der Waals surface area contributed by atoms with E-state index in [0.29, 0.717) is 24.2 Å². The van der Waals surface area contributed by atoms with Gasteiger partial charge in [0, 0.05) is 62.3 Å². The predicted molar refractivity (Wildman–Crippen MR) is 121 cm³/mol. The number of rotatable bonds is 6. The summed E-state index contributed by atoms with van der Waals surface area (Å²) in [6, 6.07) is 14.1. The van der Waals surface area contributed by atoms with Gasteiger partial charge in [0.25, 0.3) is 5.91 Å². The molecule has 0 unspecified atom stereocenters. The van der Waals surface area contributed by atoms with E-state index in [0.717, 1.165) is 37.6 Å². The van der Waals surface area contributed by atoms with Crippen LogP contribution in [0.5, 0.6) is 0 Å². The van der Waals surface area contributed by atoms with Gasteiger partial charge < -0.3 is 25.8 Å². The van der Waals surface area contributed by atoms with Crippen LogP contribution in [0.15, 0.2) is 55.0 Å². The minimum Gasteiger partial charge on any atom is -0.397 e. The molecule has 0 atom stereocenters. The number of nitrogens with zero attached hydrogens (tertiary/aromatic N) is 3. The van der Waals surface area contributed by atoms with E-state index in [1.165, 1.54) is 11.3 Å². The molecule has 1 fully saturated rings. The largest absolute Gasteiger partial charge is 0.397 e. The van der Waals surface area contributed by atoms with Crippen LogP contribution in [0.1, 0.15) is 21.6 Å². The Bertz CT molecular complexity index is 993. The minimum absolute atomic E-state index is 0.114. The van der Waals surface area contributed by atoms with E-state index in [-0.39, 0.29) is 5.91 Å². The topological polar surface area (TPSA) is 90.3 Å². The van der Waals surface area contributed by atoms with Gasteiger partial charge in [0.05, 0.1) is 17.7 Å². The lowest BCUT2D eigenvalue weighted by atomic mass is 10.1. The first-order chi connectivity index (χ1) is 14.6. The summed E-state index contributed by atoms with van der Waals surface area (Å²) in [5, 5.41) is 2.93. The molecular formula is C23H28N6O. The molecule has 2 heterocycles. The van der Waals surface area contributed by atoms with Crippen LogP contribution in [0.3, 0.4) is 0 Å². The van der Waals surface area contributed by atoms with E-state index >= 15 is 0 Å². The van der Waals surface area contributed by atoms with E-state index in [4.69, 9.17) is 5.73 Å². The smallest absolute Gasteiger partial charge is 0.251 e. The zero-order chi connectivity index (χ0) is 20.9. The van der Waals surface area contributed by atoms with Crippen molar-refractivity contribution >= 4 is 23.0 Å². The summed E-state index contributed by atoms with van der Waals surface area (Å²) < 4.78 is 0. The van der Waals surface area contributed by atoms with Crippen molar-refractivity contribution in [2.24, 2.45) is 0 Å². The molecule has 4 rings (SSSR count). The quantitative estimate of drug-likeness (QED) is 0.550. The van der Waals surface area contributed by atoms with Crippen LogP contribution in [0.2, 0.25) is 0 Å². The Morgan fingerprint density at radius 3 is 2.50 bits per heavy atom. The number of nitrogens with one attached hydrogen (secondary N) is 2. The lowest BCUT2D eigenvalue weighted by Crippen LogP contribution is -2.47. The van der Waals surface area contributed by atoms with E-state index in [1.807, 2.05) is 12.1 Å². The number of benzene rings is 2. The Morgan fingerprint density at radius 2 is 1.83 bits per heavy atom. The number of carbonyl (C=O) groups excluding carboxylic acids is 1. The van der Waals surface area contributed by atoms with Gasteiger partial charge in [-0.2, -0.15) is 0 Å². The van der Waals surface area contributed by atoms with Gasteiger partial charge in [-0.25, -0.2) is 4.98 Å². The first kappa shape index (κ1) is 19.8. The number of hydrogen-bond donors (Lipinski definition) is 3. The SMILES string of the molecule is Cc1ccccc1N1CCN(c2ccc(C(=O)NCCc3cnc[nH]3)cc2N)CC1. The first-order valence-corrected chi connectivity index (χ1v) is 10.3. The lowest BCUT2D eigenvalue weighted by molar-refractivity contribution is 0.0954. The fourth-order valence-electron chi connectivity index (χ4n) is 3.92. The van der Waals surface area contributed by atoms with E-state index < -0.39 is 0 Å². The maximum Gasteiger partial charge on any atom is 0.251 e. The van der Waals surface area contributed by atoms with Crippen molar-refractivity contribution < 1.29 is 4.79 Å². The summed E-state index contributed by atoms with van der Waals surface area (Å²) in [6.07, 6.45) is 4.11. The highest BCUT2D eigenvalue weighted by atomic mass is 16.1. The Morgan fingerprint density at radius 1 is 1.10 bits per heavy atom. The highest BCUT2D eigenvalue weighted by molar-refractivity contribution is 5.96. The Kier molecular flexibility index (Phi) is 5.88. The molecule has 156 valence electrons. The molecule has 3 aromatic rings. The summed E-state index contributed by atoms with van der Waals surface area (Å²) >= 11 is 0. The molecule has 0 aliphatic carbocycles. The van der Waals surface area contributed by atoms with Gasteiger partial charge in [-0.3, -0.25) is 4.79 Å². The molecule has 1 aromatic heterocycles. The average Bonchev–Trinajstić information content (AvgIpc) is 3.28. The van der Waals surface area contributed by atoms with Crippen molar-refractivity contribution in [2.75, 3.05) is 48.3 Å². The second-order valence-corrected chi connectivity index (χ2v) is 7.62. The molecule has 1 aliphatic heterocycles. The molecule has 0 bridgehead atoms. The number of anilines is 3. The molecule has 4 N–H and O–H groups in total. The number of para-hydroxylation sites is 1. The van der Waals surface area contributed by atoms with Crippen LogP contribution < -0.4 is 20.9 Å². The summed E-state index contributed by atoms with van der Waals surface area (Å²) in [5.74, 6) is -0.114. The van der Waals surface area contributed by atoms with Crippen LogP contribution in [0.4, 0.5) is 17.1 Å². The van der Waals surface area contributed by atoms with E-state index in [9.17, 15) is 4.79 Å². The summed E-state index contributed by atoms with van der Waals surface area (Å²) in [7, 11) is 0. The van der Waals surface area contributed by atoms with Crippen LogP contribution >= 0.6 is 0 Å². The Hall–Kier alpha value is -3.48. The molecule has 2 aromatic carbocycles. The van der Waals surface area contributed by atoms with Gasteiger partial charge in [0.15, 0.2) is 0 Å². The molecule has 0 saturated carbocycles. The summed E-state index contributed by atoms with van der Waals surface area (Å²) in [4.78, 5) is 24.2. The van der Waals surface area contributed by atoms with Crippen molar-refractivity contribution in [3.05, 3.63) is 71.8 Å². The van der Waals surface area contributed by atoms with Gasteiger partial charge in [-0.05, 0) is 36.8 Å². The molecule has 1 amide bonds. The third-order valence-corrected chi connectivity index (χ3v) is 5.60. The first-order valence-electron chi connectivity index (χ1n) is 10.3. The third kappa shape index (κ3) is 4.40. The standard InChI is InChI=1S/C23H28N6O/c1-17-4-2-3-5-21(17)28-10-12-29(13-11-28)22-7-6-18(14-20(22)24)23(30)26-9-8-19-15-25-16-27-19/h2-7,14-16H,8-13,24H2,1H3,(H,25,27)(H,26,30). The molecule has 0 radical (unpaired) electrons. The van der Waals surface area contributed by atoms with Crippen LogP contribution in [0.25, 0.3) is 0 Å². The third-order valence-electron chi connectivity index (χ3n) is 5.60. The maximum absolute atomic E-state index is 12.4. The van der Waals surface area contributed by atoms with E-state index in [1.54, 1.807) is 18.6 Å². The summed E-state index contributed by atoms with van der Waals surface area (Å²) in [5.41, 5.74) is 12.1. The number of aromatic nitrogens is 2. The molecule has 7 nitrogen and oxygen atoms in total. The predicted octanol–water partition coefficient (Wildman–Crippen LogP) is 2.60. The summed E-state index contributed by atoms with van der Waals surface area (Å²) in [6.45, 7) is 6.38. The zero-order valence-electron chi connectivity index (χ0n) is 17.3. The zero-order valence-corrected chi connectivity index (χ0v) is 17.3. The molecule has 1 saturated heterocycles. The van der Waals surface area contributed by atoms with Crippen LogP contribution in [-0.2, 0) is 6.42 Å². The number of aryl methyl sites for hydroxylation is 1. The van der Waals surface area contributed by atoms with Crippen molar-refractivity contribution in [3.63, 3.8) is 0 Å². The average molecular weight is 405 g/mol. The fraction of sp³-hybridized carbons (Fsp3) is 0.304. The van der Waals surface area contributed by atoms with Crippen LogP contribution in [-0.4, -0.2) is 48.6 Å². The second-order valence-electron chi connectivity index (χ2n) is 7.62. The van der Waals surface area contributed by atoms with Gasteiger partial charge in [-0.15, -0.1) is 0 Å². The fourth-order valence-corrected chi connectivity index (χ4v) is 3.92.